The molecule has 0 radical (unpaired) electrons. The highest BCUT2D eigenvalue weighted by molar-refractivity contribution is 6.36. The van der Waals surface area contributed by atoms with Gasteiger partial charge >= 0.3 is 0 Å². The van der Waals surface area contributed by atoms with Gasteiger partial charge in [0, 0.05) is 32.9 Å². The number of nitrogens with zero attached hydrogens (tertiary/aromatic N) is 2. The maximum absolute atomic E-state index is 12.6. The summed E-state index contributed by atoms with van der Waals surface area (Å²) in [5.41, 5.74) is 8.31. The SMILES string of the molecule is CC(c1c(Cl)cc(N)cc1Cl)n1ccc(-c2ccccc2)[n+]1[O-]. The number of anilines is 1. The van der Waals surface area contributed by atoms with E-state index in [9.17, 15) is 5.21 Å². The van der Waals surface area contributed by atoms with Gasteiger partial charge in [-0.25, -0.2) is 0 Å². The molecule has 1 aromatic heterocycles. The first-order valence-electron chi connectivity index (χ1n) is 7.09. The van der Waals surface area contributed by atoms with E-state index in [2.05, 4.69) is 0 Å². The average molecular weight is 348 g/mol. The molecule has 1 atom stereocenters. The highest BCUT2D eigenvalue weighted by Gasteiger charge is 2.23. The third kappa shape index (κ3) is 2.87. The number of rotatable bonds is 3. The van der Waals surface area contributed by atoms with Crippen LogP contribution in [0.2, 0.25) is 10.0 Å². The van der Waals surface area contributed by atoms with Crippen LogP contribution in [0, 0.1) is 5.21 Å². The van der Waals surface area contributed by atoms with Gasteiger partial charge in [-0.05, 0) is 31.2 Å². The van der Waals surface area contributed by atoms with Crippen molar-refractivity contribution in [3.8, 4) is 11.3 Å². The molecule has 2 N–H and O–H groups in total. The van der Waals surface area contributed by atoms with E-state index in [1.807, 2.05) is 37.3 Å². The van der Waals surface area contributed by atoms with Crippen LogP contribution >= 0.6 is 23.2 Å². The minimum absolute atomic E-state index is 0.328. The van der Waals surface area contributed by atoms with Crippen LogP contribution in [0.25, 0.3) is 11.3 Å². The van der Waals surface area contributed by atoms with Gasteiger partial charge in [0.05, 0.1) is 6.20 Å². The molecule has 0 amide bonds. The van der Waals surface area contributed by atoms with Crippen molar-refractivity contribution in [2.75, 3.05) is 5.73 Å². The molecule has 0 saturated heterocycles. The summed E-state index contributed by atoms with van der Waals surface area (Å²) in [7, 11) is 0. The second-order valence-corrected chi connectivity index (χ2v) is 6.11. The van der Waals surface area contributed by atoms with Gasteiger partial charge in [-0.15, -0.1) is 4.68 Å². The molecule has 4 nitrogen and oxygen atoms in total. The molecule has 0 aliphatic rings. The fourth-order valence-corrected chi connectivity index (χ4v) is 3.45. The van der Waals surface area contributed by atoms with Crippen LogP contribution in [-0.2, 0) is 0 Å². The lowest BCUT2D eigenvalue weighted by molar-refractivity contribution is -0.685. The van der Waals surface area contributed by atoms with E-state index in [1.165, 1.54) is 0 Å². The first-order chi connectivity index (χ1) is 11.0. The molecule has 6 heteroatoms. The van der Waals surface area contributed by atoms with Gasteiger partial charge in [0.2, 0.25) is 0 Å². The van der Waals surface area contributed by atoms with E-state index in [1.54, 1.807) is 29.1 Å². The molecule has 0 aliphatic heterocycles. The monoisotopic (exact) mass is 347 g/mol. The number of hydrogen-bond acceptors (Lipinski definition) is 2. The Morgan fingerprint density at radius 2 is 1.70 bits per heavy atom. The Labute approximate surface area is 144 Å². The van der Waals surface area contributed by atoms with E-state index in [4.69, 9.17) is 28.9 Å². The second-order valence-electron chi connectivity index (χ2n) is 5.29. The molecule has 23 heavy (non-hydrogen) atoms. The second kappa shape index (κ2) is 6.14. The summed E-state index contributed by atoms with van der Waals surface area (Å²) in [4.78, 5) is 0.850. The van der Waals surface area contributed by atoms with Crippen LogP contribution < -0.4 is 10.6 Å². The molecule has 3 rings (SSSR count). The predicted molar refractivity (Wildman–Crippen MR) is 93.5 cm³/mol. The lowest BCUT2D eigenvalue weighted by atomic mass is 10.1. The van der Waals surface area contributed by atoms with Crippen molar-refractivity contribution in [1.29, 1.82) is 0 Å². The zero-order valence-corrected chi connectivity index (χ0v) is 13.9. The predicted octanol–water partition coefficient (Wildman–Crippen LogP) is 4.29. The normalized spacial score (nSPS) is 12.3. The fraction of sp³-hybridized carbons (Fsp3) is 0.118. The fourth-order valence-electron chi connectivity index (χ4n) is 2.63. The number of nitrogen functional groups attached to an aromatic ring is 1. The Bertz CT molecular complexity index is 823. The van der Waals surface area contributed by atoms with Crippen molar-refractivity contribution in [3.63, 3.8) is 0 Å². The lowest BCUT2D eigenvalue weighted by Gasteiger charge is -2.17. The Kier molecular flexibility index (Phi) is 4.20. The zero-order chi connectivity index (χ0) is 16.6. The van der Waals surface area contributed by atoms with Crippen molar-refractivity contribution in [2.24, 2.45) is 0 Å². The van der Waals surface area contributed by atoms with Crippen LogP contribution in [0.3, 0.4) is 0 Å². The number of hydrogen-bond donors (Lipinski definition) is 1. The summed E-state index contributed by atoms with van der Waals surface area (Å²) in [5.74, 6) is 0. The van der Waals surface area contributed by atoms with E-state index in [0.717, 1.165) is 10.4 Å². The van der Waals surface area contributed by atoms with Gasteiger partial charge in [0.25, 0.3) is 5.69 Å². The summed E-state index contributed by atoms with van der Waals surface area (Å²) in [5, 5.41) is 13.5. The van der Waals surface area contributed by atoms with Gasteiger partial charge < -0.3 is 10.9 Å². The molecule has 0 bridgehead atoms. The molecule has 1 unspecified atom stereocenters. The number of benzene rings is 2. The van der Waals surface area contributed by atoms with Crippen molar-refractivity contribution in [3.05, 3.63) is 75.5 Å². The maximum Gasteiger partial charge on any atom is 0.251 e. The van der Waals surface area contributed by atoms with E-state index < -0.39 is 0 Å². The van der Waals surface area contributed by atoms with Crippen LogP contribution in [0.5, 0.6) is 0 Å². The third-order valence-corrected chi connectivity index (χ3v) is 4.41. The average Bonchev–Trinajstić information content (AvgIpc) is 2.88. The molecule has 2 aromatic carbocycles. The number of nitrogens with two attached hydrogens (primary N) is 1. The molecular weight excluding hydrogens is 333 g/mol. The summed E-state index contributed by atoms with van der Waals surface area (Å²) >= 11 is 12.5. The molecule has 1 heterocycles. The molecule has 0 spiro atoms. The van der Waals surface area contributed by atoms with Crippen LogP contribution in [-0.4, -0.2) is 4.68 Å². The Balaban J connectivity index is 2.05. The van der Waals surface area contributed by atoms with Crippen molar-refractivity contribution < 1.29 is 4.85 Å². The largest absolute Gasteiger partial charge is 0.595 e. The molecular formula is C17H15Cl2N3O. The van der Waals surface area contributed by atoms with E-state index in [-0.39, 0.29) is 6.04 Å². The highest BCUT2D eigenvalue weighted by Crippen LogP contribution is 2.34. The van der Waals surface area contributed by atoms with Crippen molar-refractivity contribution >= 4 is 28.9 Å². The highest BCUT2D eigenvalue weighted by atomic mass is 35.5. The van der Waals surface area contributed by atoms with Gasteiger partial charge in [0.15, 0.2) is 0 Å². The summed E-state index contributed by atoms with van der Waals surface area (Å²) in [6, 6.07) is 14.2. The quantitative estimate of drug-likeness (QED) is 0.436. The van der Waals surface area contributed by atoms with Crippen molar-refractivity contribution in [1.82, 2.24) is 4.68 Å². The van der Waals surface area contributed by atoms with Crippen LogP contribution in [0.15, 0.2) is 54.7 Å². The number of halogens is 2. The molecule has 118 valence electrons. The van der Waals surface area contributed by atoms with Crippen molar-refractivity contribution in [2.45, 2.75) is 13.0 Å². The standard InChI is InChI=1S/C17H15Cl2N3O/c1-11(17-14(18)9-13(20)10-15(17)19)21-8-7-16(22(21)23)12-5-3-2-4-6-12/h2-11H,20H2,1H3. The molecule has 3 aromatic rings. The van der Waals surface area contributed by atoms with Gasteiger partial charge in [-0.3, -0.25) is 0 Å². The Morgan fingerprint density at radius 3 is 2.30 bits per heavy atom. The van der Waals surface area contributed by atoms with Gasteiger partial charge in [-0.2, -0.15) is 0 Å². The summed E-state index contributed by atoms with van der Waals surface area (Å²) in [6.45, 7) is 1.87. The van der Waals surface area contributed by atoms with Crippen LogP contribution in [0.4, 0.5) is 5.69 Å². The molecule has 0 saturated carbocycles. The topological polar surface area (TPSA) is 57.9 Å². The third-order valence-electron chi connectivity index (χ3n) is 3.79. The number of aromatic nitrogens is 2. The first kappa shape index (κ1) is 15.7. The maximum atomic E-state index is 12.6. The smallest absolute Gasteiger partial charge is 0.251 e. The van der Waals surface area contributed by atoms with Gasteiger partial charge in [0.1, 0.15) is 6.04 Å². The summed E-state index contributed by atoms with van der Waals surface area (Å²) in [6.07, 6.45) is 1.73. The lowest BCUT2D eigenvalue weighted by Crippen LogP contribution is -2.40. The first-order valence-corrected chi connectivity index (χ1v) is 7.85. The molecule has 0 fully saturated rings. The summed E-state index contributed by atoms with van der Waals surface area (Å²) < 4.78 is 1.55. The molecule has 0 aliphatic carbocycles. The van der Waals surface area contributed by atoms with Crippen LogP contribution in [0.1, 0.15) is 18.5 Å². The van der Waals surface area contributed by atoms with E-state index in [0.29, 0.717) is 27.0 Å². The Hall–Kier alpha value is -2.17. The minimum atomic E-state index is -0.328. The minimum Gasteiger partial charge on any atom is -0.595 e. The Morgan fingerprint density at radius 1 is 1.09 bits per heavy atom. The van der Waals surface area contributed by atoms with Gasteiger partial charge in [-0.1, -0.05) is 46.2 Å². The zero-order valence-electron chi connectivity index (χ0n) is 12.4. The van der Waals surface area contributed by atoms with E-state index >= 15 is 0 Å².